The highest BCUT2D eigenvalue weighted by molar-refractivity contribution is 5.32. The Morgan fingerprint density at radius 3 is 2.75 bits per heavy atom. The molecule has 0 atom stereocenters. The van der Waals surface area contributed by atoms with Crippen LogP contribution in [0.25, 0.3) is 0 Å². The van der Waals surface area contributed by atoms with Crippen molar-refractivity contribution in [3.05, 3.63) is 36.9 Å². The molecule has 0 aliphatic rings. The number of allylic oxidation sites excluding steroid dienone is 1. The standard InChI is InChI=1S/C14H20O2/c1-3-4-5-6-7-11-16-14-10-8-9-13(12-14)15-2/h3,8-10,12H,1,4-7,11H2,2H3. The van der Waals surface area contributed by atoms with Gasteiger partial charge in [0.15, 0.2) is 0 Å². The van der Waals surface area contributed by atoms with Crippen LogP contribution in [0.5, 0.6) is 11.5 Å². The Kier molecular flexibility index (Phi) is 6.16. The number of unbranched alkanes of at least 4 members (excludes halogenated alkanes) is 3. The van der Waals surface area contributed by atoms with Crippen molar-refractivity contribution < 1.29 is 9.47 Å². The van der Waals surface area contributed by atoms with Gasteiger partial charge in [-0.15, -0.1) is 6.58 Å². The van der Waals surface area contributed by atoms with E-state index in [1.807, 2.05) is 30.3 Å². The number of hydrogen-bond donors (Lipinski definition) is 0. The van der Waals surface area contributed by atoms with Gasteiger partial charge >= 0.3 is 0 Å². The van der Waals surface area contributed by atoms with Crippen LogP contribution < -0.4 is 9.47 Å². The molecule has 0 fully saturated rings. The third kappa shape index (κ3) is 4.87. The molecule has 0 aliphatic heterocycles. The molecule has 0 unspecified atom stereocenters. The second-order valence-corrected chi connectivity index (χ2v) is 3.67. The zero-order chi connectivity index (χ0) is 11.6. The Balaban J connectivity index is 2.18. The summed E-state index contributed by atoms with van der Waals surface area (Å²) in [6.07, 6.45) is 6.54. The van der Waals surface area contributed by atoms with Gasteiger partial charge in [0.2, 0.25) is 0 Å². The van der Waals surface area contributed by atoms with Crippen molar-refractivity contribution in [1.29, 1.82) is 0 Å². The maximum atomic E-state index is 5.62. The van der Waals surface area contributed by atoms with E-state index in [-0.39, 0.29) is 0 Å². The van der Waals surface area contributed by atoms with Gasteiger partial charge in [-0.25, -0.2) is 0 Å². The summed E-state index contributed by atoms with van der Waals surface area (Å²) < 4.78 is 10.7. The van der Waals surface area contributed by atoms with Crippen LogP contribution in [0.1, 0.15) is 25.7 Å². The summed E-state index contributed by atoms with van der Waals surface area (Å²) in [4.78, 5) is 0. The lowest BCUT2D eigenvalue weighted by Crippen LogP contribution is -1.97. The molecule has 0 heterocycles. The summed E-state index contributed by atoms with van der Waals surface area (Å²) in [7, 11) is 1.66. The minimum Gasteiger partial charge on any atom is -0.497 e. The Hall–Kier alpha value is -1.44. The maximum absolute atomic E-state index is 5.62. The van der Waals surface area contributed by atoms with Crippen molar-refractivity contribution in [3.8, 4) is 11.5 Å². The van der Waals surface area contributed by atoms with Crippen molar-refractivity contribution in [1.82, 2.24) is 0 Å². The Labute approximate surface area is 97.9 Å². The second-order valence-electron chi connectivity index (χ2n) is 3.67. The zero-order valence-electron chi connectivity index (χ0n) is 9.95. The Morgan fingerprint density at radius 2 is 2.00 bits per heavy atom. The van der Waals surface area contributed by atoms with Crippen molar-refractivity contribution >= 4 is 0 Å². The monoisotopic (exact) mass is 220 g/mol. The number of benzene rings is 1. The summed E-state index contributed by atoms with van der Waals surface area (Å²) in [5.41, 5.74) is 0. The van der Waals surface area contributed by atoms with Gasteiger partial charge in [-0.1, -0.05) is 12.1 Å². The molecule has 2 heteroatoms. The van der Waals surface area contributed by atoms with Crippen molar-refractivity contribution in [3.63, 3.8) is 0 Å². The van der Waals surface area contributed by atoms with E-state index in [1.54, 1.807) is 7.11 Å². The van der Waals surface area contributed by atoms with Gasteiger partial charge in [0.05, 0.1) is 13.7 Å². The van der Waals surface area contributed by atoms with Crippen LogP contribution in [-0.4, -0.2) is 13.7 Å². The van der Waals surface area contributed by atoms with E-state index < -0.39 is 0 Å². The van der Waals surface area contributed by atoms with E-state index in [0.29, 0.717) is 0 Å². The fourth-order valence-corrected chi connectivity index (χ4v) is 1.45. The summed E-state index contributed by atoms with van der Waals surface area (Å²) in [6.45, 7) is 4.47. The molecule has 0 aromatic heterocycles. The SMILES string of the molecule is C=CCCCCCOc1cccc(OC)c1. The average molecular weight is 220 g/mol. The van der Waals surface area contributed by atoms with Crippen molar-refractivity contribution in [2.45, 2.75) is 25.7 Å². The van der Waals surface area contributed by atoms with E-state index in [2.05, 4.69) is 6.58 Å². The Morgan fingerprint density at radius 1 is 1.19 bits per heavy atom. The quantitative estimate of drug-likeness (QED) is 0.490. The van der Waals surface area contributed by atoms with Gasteiger partial charge in [-0.2, -0.15) is 0 Å². The summed E-state index contributed by atoms with van der Waals surface area (Å²) in [5.74, 6) is 1.72. The first-order valence-electron chi connectivity index (χ1n) is 5.74. The van der Waals surface area contributed by atoms with Crippen LogP contribution in [0.4, 0.5) is 0 Å². The molecule has 0 N–H and O–H groups in total. The lowest BCUT2D eigenvalue weighted by molar-refractivity contribution is 0.303. The fourth-order valence-electron chi connectivity index (χ4n) is 1.45. The molecule has 1 rings (SSSR count). The first-order valence-corrected chi connectivity index (χ1v) is 5.74. The third-order valence-electron chi connectivity index (χ3n) is 2.36. The van der Waals surface area contributed by atoms with Crippen molar-refractivity contribution in [2.24, 2.45) is 0 Å². The molecule has 1 aromatic carbocycles. The third-order valence-corrected chi connectivity index (χ3v) is 2.36. The van der Waals surface area contributed by atoms with Crippen LogP contribution in [0.2, 0.25) is 0 Å². The molecule has 0 bridgehead atoms. The molecular weight excluding hydrogens is 200 g/mol. The minimum absolute atomic E-state index is 0.768. The number of ether oxygens (including phenoxy) is 2. The normalized spacial score (nSPS) is 9.81. The molecule has 0 spiro atoms. The second kappa shape index (κ2) is 7.80. The average Bonchev–Trinajstić information content (AvgIpc) is 2.34. The van der Waals surface area contributed by atoms with Crippen LogP contribution in [-0.2, 0) is 0 Å². The van der Waals surface area contributed by atoms with Crippen LogP contribution in [0.15, 0.2) is 36.9 Å². The van der Waals surface area contributed by atoms with Crippen LogP contribution >= 0.6 is 0 Å². The molecule has 2 nitrogen and oxygen atoms in total. The first kappa shape index (κ1) is 12.6. The van der Waals surface area contributed by atoms with E-state index in [9.17, 15) is 0 Å². The molecule has 88 valence electrons. The molecule has 0 saturated carbocycles. The maximum Gasteiger partial charge on any atom is 0.122 e. The van der Waals surface area contributed by atoms with Gasteiger partial charge < -0.3 is 9.47 Å². The molecule has 0 saturated heterocycles. The van der Waals surface area contributed by atoms with Gasteiger partial charge in [-0.3, -0.25) is 0 Å². The molecular formula is C14H20O2. The van der Waals surface area contributed by atoms with E-state index in [0.717, 1.165) is 30.9 Å². The fraction of sp³-hybridized carbons (Fsp3) is 0.429. The highest BCUT2D eigenvalue weighted by atomic mass is 16.5. The van der Waals surface area contributed by atoms with Crippen LogP contribution in [0, 0.1) is 0 Å². The van der Waals surface area contributed by atoms with E-state index in [4.69, 9.17) is 9.47 Å². The summed E-state index contributed by atoms with van der Waals surface area (Å²) in [6, 6.07) is 7.71. The van der Waals surface area contributed by atoms with E-state index in [1.165, 1.54) is 12.8 Å². The smallest absolute Gasteiger partial charge is 0.122 e. The molecule has 16 heavy (non-hydrogen) atoms. The van der Waals surface area contributed by atoms with E-state index >= 15 is 0 Å². The van der Waals surface area contributed by atoms with Gasteiger partial charge in [-0.05, 0) is 37.8 Å². The highest BCUT2D eigenvalue weighted by Gasteiger charge is 1.96. The predicted octanol–water partition coefficient (Wildman–Crippen LogP) is 3.82. The first-order chi connectivity index (χ1) is 7.86. The Bertz CT molecular complexity index is 307. The number of rotatable bonds is 8. The number of methoxy groups -OCH3 is 1. The molecule has 0 amide bonds. The molecule has 1 aromatic rings. The number of hydrogen-bond acceptors (Lipinski definition) is 2. The summed E-state index contributed by atoms with van der Waals surface area (Å²) >= 11 is 0. The molecule has 0 radical (unpaired) electrons. The van der Waals surface area contributed by atoms with Crippen LogP contribution in [0.3, 0.4) is 0 Å². The summed E-state index contributed by atoms with van der Waals surface area (Å²) in [5, 5.41) is 0. The largest absolute Gasteiger partial charge is 0.497 e. The van der Waals surface area contributed by atoms with Gasteiger partial charge in [0.1, 0.15) is 11.5 Å². The topological polar surface area (TPSA) is 18.5 Å². The van der Waals surface area contributed by atoms with Crippen molar-refractivity contribution in [2.75, 3.05) is 13.7 Å². The molecule has 0 aliphatic carbocycles. The van der Waals surface area contributed by atoms with Gasteiger partial charge in [0.25, 0.3) is 0 Å². The lowest BCUT2D eigenvalue weighted by Gasteiger charge is -2.07. The van der Waals surface area contributed by atoms with Gasteiger partial charge in [0, 0.05) is 6.07 Å². The highest BCUT2D eigenvalue weighted by Crippen LogP contribution is 2.19. The minimum atomic E-state index is 0.768. The zero-order valence-corrected chi connectivity index (χ0v) is 9.95. The predicted molar refractivity (Wildman–Crippen MR) is 67.2 cm³/mol. The lowest BCUT2D eigenvalue weighted by atomic mass is 10.2.